The van der Waals surface area contributed by atoms with Crippen molar-refractivity contribution < 1.29 is 14.5 Å². The van der Waals surface area contributed by atoms with Crippen molar-refractivity contribution in [3.63, 3.8) is 0 Å². The number of rotatable bonds is 4. The zero-order valence-electron chi connectivity index (χ0n) is 13.0. The molecule has 0 bridgehead atoms. The van der Waals surface area contributed by atoms with E-state index in [1.165, 1.54) is 23.9 Å². The van der Waals surface area contributed by atoms with Gasteiger partial charge >= 0.3 is 0 Å². The Labute approximate surface area is 143 Å². The molecule has 3 rings (SSSR count). The molecular formula is C18H15NO4S. The summed E-state index contributed by atoms with van der Waals surface area (Å²) < 4.78 is 5.90. The second-order valence-electron chi connectivity index (χ2n) is 5.38. The van der Waals surface area contributed by atoms with Crippen LogP contribution in [0.15, 0.2) is 70.2 Å². The highest BCUT2D eigenvalue weighted by Crippen LogP contribution is 2.39. The van der Waals surface area contributed by atoms with Gasteiger partial charge in [0.25, 0.3) is 5.69 Å². The summed E-state index contributed by atoms with van der Waals surface area (Å²) in [5.41, 5.74) is 0.783. The summed E-state index contributed by atoms with van der Waals surface area (Å²) in [4.78, 5) is 24.4. The summed E-state index contributed by atoms with van der Waals surface area (Å²) in [6.07, 6.45) is -0.178. The molecular weight excluding hydrogens is 326 g/mol. The minimum atomic E-state index is -0.448. The van der Waals surface area contributed by atoms with E-state index in [0.717, 1.165) is 10.5 Å². The lowest BCUT2D eigenvalue weighted by Crippen LogP contribution is -2.18. The van der Waals surface area contributed by atoms with Crippen molar-refractivity contribution in [2.75, 3.05) is 0 Å². The average Bonchev–Trinajstić information content (AvgIpc) is 2.59. The lowest BCUT2D eigenvalue weighted by molar-refractivity contribution is -0.384. The van der Waals surface area contributed by atoms with Crippen LogP contribution in [0.2, 0.25) is 0 Å². The number of ketones is 1. The number of nitrogens with zero attached hydrogens (tertiary/aromatic N) is 1. The van der Waals surface area contributed by atoms with Gasteiger partial charge in [-0.05, 0) is 36.8 Å². The molecule has 122 valence electrons. The second-order valence-corrected chi connectivity index (χ2v) is 6.47. The quantitative estimate of drug-likeness (QED) is 0.598. The van der Waals surface area contributed by atoms with E-state index in [1.54, 1.807) is 19.1 Å². The van der Waals surface area contributed by atoms with Gasteiger partial charge < -0.3 is 4.74 Å². The Kier molecular flexibility index (Phi) is 4.66. The summed E-state index contributed by atoms with van der Waals surface area (Å²) in [6.45, 7) is 1.78. The Balaban J connectivity index is 1.79. The number of non-ortho nitro benzene ring substituents is 1. The van der Waals surface area contributed by atoms with Gasteiger partial charge in [-0.15, -0.1) is 0 Å². The van der Waals surface area contributed by atoms with E-state index in [4.69, 9.17) is 4.74 Å². The highest BCUT2D eigenvalue weighted by molar-refractivity contribution is 8.04. The molecule has 24 heavy (non-hydrogen) atoms. The Hall–Kier alpha value is -2.60. The van der Waals surface area contributed by atoms with Gasteiger partial charge in [-0.2, -0.15) is 0 Å². The molecule has 2 aromatic rings. The number of nitro groups is 1. The van der Waals surface area contributed by atoms with Gasteiger partial charge in [0.2, 0.25) is 0 Å². The summed E-state index contributed by atoms with van der Waals surface area (Å²) in [5, 5.41) is 10.7. The standard InChI is InChI=1S/C18H15NO4S/c1-12-18(24-15-5-3-2-4-6-15)16(20)11-17(23-12)13-7-9-14(10-8-13)19(21)22/h2-10,17H,11H2,1H3. The first-order valence-corrected chi connectivity index (χ1v) is 8.24. The highest BCUT2D eigenvalue weighted by Gasteiger charge is 2.29. The van der Waals surface area contributed by atoms with E-state index in [0.29, 0.717) is 10.7 Å². The van der Waals surface area contributed by atoms with Crippen molar-refractivity contribution in [1.29, 1.82) is 0 Å². The maximum absolute atomic E-state index is 12.5. The Bertz CT molecular complexity index is 800. The van der Waals surface area contributed by atoms with Crippen molar-refractivity contribution in [2.45, 2.75) is 24.3 Å². The molecule has 5 nitrogen and oxygen atoms in total. The van der Waals surface area contributed by atoms with Crippen LogP contribution in [0.1, 0.15) is 25.0 Å². The number of allylic oxidation sites excluding steroid dienone is 2. The van der Waals surface area contributed by atoms with E-state index in [-0.39, 0.29) is 17.9 Å². The van der Waals surface area contributed by atoms with E-state index in [2.05, 4.69) is 0 Å². The van der Waals surface area contributed by atoms with Crippen LogP contribution in [0.3, 0.4) is 0 Å². The molecule has 0 spiro atoms. The summed E-state index contributed by atoms with van der Waals surface area (Å²) >= 11 is 1.40. The lowest BCUT2D eigenvalue weighted by Gasteiger charge is -2.26. The van der Waals surface area contributed by atoms with Gasteiger partial charge in [0.15, 0.2) is 5.78 Å². The number of benzene rings is 2. The number of nitro benzene ring substituents is 1. The zero-order chi connectivity index (χ0) is 17.1. The van der Waals surface area contributed by atoms with Crippen LogP contribution in [-0.4, -0.2) is 10.7 Å². The van der Waals surface area contributed by atoms with Gasteiger partial charge in [-0.1, -0.05) is 30.0 Å². The SMILES string of the molecule is CC1=C(Sc2ccccc2)C(=O)CC(c2ccc([N+](=O)[O-])cc2)O1. The lowest BCUT2D eigenvalue weighted by atomic mass is 10.0. The van der Waals surface area contributed by atoms with Crippen molar-refractivity contribution in [3.05, 3.63) is 80.9 Å². The molecule has 0 aliphatic carbocycles. The number of thioether (sulfide) groups is 1. The third-order valence-electron chi connectivity index (χ3n) is 3.70. The van der Waals surface area contributed by atoms with Gasteiger partial charge in [-0.25, -0.2) is 0 Å². The van der Waals surface area contributed by atoms with Crippen LogP contribution in [-0.2, 0) is 9.53 Å². The number of ether oxygens (including phenoxy) is 1. The van der Waals surface area contributed by atoms with Crippen molar-refractivity contribution >= 4 is 23.2 Å². The van der Waals surface area contributed by atoms with Gasteiger partial charge in [-0.3, -0.25) is 14.9 Å². The van der Waals surface area contributed by atoms with Crippen LogP contribution in [0.4, 0.5) is 5.69 Å². The first kappa shape index (κ1) is 16.3. The first-order chi connectivity index (χ1) is 11.5. The molecule has 1 aliphatic heterocycles. The van der Waals surface area contributed by atoms with E-state index >= 15 is 0 Å². The second kappa shape index (κ2) is 6.88. The molecule has 0 fully saturated rings. The molecule has 0 radical (unpaired) electrons. The Morgan fingerprint density at radius 3 is 2.38 bits per heavy atom. The third-order valence-corrected chi connectivity index (χ3v) is 4.93. The summed E-state index contributed by atoms with van der Waals surface area (Å²) in [5.74, 6) is 0.611. The van der Waals surface area contributed by atoms with Crippen molar-refractivity contribution in [3.8, 4) is 0 Å². The predicted molar refractivity (Wildman–Crippen MR) is 91.5 cm³/mol. The molecule has 1 atom stereocenters. The maximum Gasteiger partial charge on any atom is 0.269 e. The maximum atomic E-state index is 12.5. The number of hydrogen-bond donors (Lipinski definition) is 0. The number of Topliss-reactive ketones (excluding diaryl/α,β-unsaturated/α-hetero) is 1. The molecule has 2 aromatic carbocycles. The molecule has 1 unspecified atom stereocenters. The van der Waals surface area contributed by atoms with E-state index in [1.807, 2.05) is 30.3 Å². The van der Waals surface area contributed by atoms with Gasteiger partial charge in [0.1, 0.15) is 11.9 Å². The zero-order valence-corrected chi connectivity index (χ0v) is 13.8. The van der Waals surface area contributed by atoms with Gasteiger partial charge in [0.05, 0.1) is 16.2 Å². The molecule has 6 heteroatoms. The molecule has 0 N–H and O–H groups in total. The predicted octanol–water partition coefficient (Wildman–Crippen LogP) is 4.65. The first-order valence-electron chi connectivity index (χ1n) is 7.42. The van der Waals surface area contributed by atoms with Crippen LogP contribution < -0.4 is 0 Å². The smallest absolute Gasteiger partial charge is 0.269 e. The van der Waals surface area contributed by atoms with Crippen LogP contribution in [0.25, 0.3) is 0 Å². The molecule has 0 amide bonds. The number of hydrogen-bond acceptors (Lipinski definition) is 5. The fourth-order valence-corrected chi connectivity index (χ4v) is 3.42. The Morgan fingerprint density at radius 2 is 1.79 bits per heavy atom. The molecule has 0 saturated heterocycles. The van der Waals surface area contributed by atoms with Crippen LogP contribution in [0.5, 0.6) is 0 Å². The minimum absolute atomic E-state index is 0.0217. The van der Waals surface area contributed by atoms with E-state index in [9.17, 15) is 14.9 Å². The molecule has 1 heterocycles. The fourth-order valence-electron chi connectivity index (χ4n) is 2.50. The van der Waals surface area contributed by atoms with E-state index < -0.39 is 11.0 Å². The van der Waals surface area contributed by atoms with Crippen molar-refractivity contribution in [2.24, 2.45) is 0 Å². The molecule has 0 aromatic heterocycles. The van der Waals surface area contributed by atoms with Crippen molar-refractivity contribution in [1.82, 2.24) is 0 Å². The average molecular weight is 341 g/mol. The third kappa shape index (κ3) is 3.49. The van der Waals surface area contributed by atoms with Crippen LogP contribution >= 0.6 is 11.8 Å². The summed E-state index contributed by atoms with van der Waals surface area (Å²) in [6, 6.07) is 15.8. The highest BCUT2D eigenvalue weighted by atomic mass is 32.2. The number of carbonyl (C=O) groups is 1. The van der Waals surface area contributed by atoms with Crippen LogP contribution in [0, 0.1) is 10.1 Å². The number of carbonyl (C=O) groups excluding carboxylic acids is 1. The van der Waals surface area contributed by atoms with Gasteiger partial charge in [0, 0.05) is 17.0 Å². The fraction of sp³-hybridized carbons (Fsp3) is 0.167. The summed E-state index contributed by atoms with van der Waals surface area (Å²) in [7, 11) is 0. The normalized spacial score (nSPS) is 17.5. The molecule has 0 saturated carbocycles. The molecule has 1 aliphatic rings. The largest absolute Gasteiger partial charge is 0.489 e. The Morgan fingerprint density at radius 1 is 1.12 bits per heavy atom. The minimum Gasteiger partial charge on any atom is -0.489 e. The topological polar surface area (TPSA) is 69.4 Å². The monoisotopic (exact) mass is 341 g/mol.